The third kappa shape index (κ3) is 4.57. The van der Waals surface area contributed by atoms with Crippen LogP contribution in [0.25, 0.3) is 10.8 Å². The fraction of sp³-hybridized carbons (Fsp3) is 0.115. The van der Waals surface area contributed by atoms with Crippen LogP contribution in [0, 0.1) is 13.8 Å². The van der Waals surface area contributed by atoms with Gasteiger partial charge in [-0.3, -0.25) is 4.99 Å². The van der Waals surface area contributed by atoms with Gasteiger partial charge in [0.05, 0.1) is 5.69 Å². The molecule has 0 spiro atoms. The minimum Gasteiger partial charge on any atom is -0.488 e. The third-order valence-corrected chi connectivity index (χ3v) is 5.44. The summed E-state index contributed by atoms with van der Waals surface area (Å²) in [6.07, 6.45) is 1.88. The molecule has 29 heavy (non-hydrogen) atoms. The highest BCUT2D eigenvalue weighted by molar-refractivity contribution is 9.10. The zero-order valence-corrected chi connectivity index (χ0v) is 18.1. The molecule has 0 saturated carbocycles. The van der Waals surface area contributed by atoms with Gasteiger partial charge in [-0.15, -0.1) is 0 Å². The molecular formula is C26H22BrNO. The number of halogens is 1. The molecule has 0 unspecified atom stereocenters. The molecule has 0 heterocycles. The number of ether oxygens (including phenoxy) is 1. The van der Waals surface area contributed by atoms with E-state index in [1.54, 1.807) is 0 Å². The molecule has 0 atom stereocenters. The van der Waals surface area contributed by atoms with Crippen LogP contribution in [-0.4, -0.2) is 6.21 Å². The Kier molecular flexibility index (Phi) is 5.77. The van der Waals surface area contributed by atoms with Crippen molar-refractivity contribution in [2.45, 2.75) is 20.5 Å². The third-order valence-electron chi connectivity index (χ3n) is 4.94. The summed E-state index contributed by atoms with van der Waals surface area (Å²) in [7, 11) is 0. The van der Waals surface area contributed by atoms with Gasteiger partial charge in [0.15, 0.2) is 0 Å². The SMILES string of the molecule is Cc1ccc(C)c(N=Cc2cc(Br)ccc2OCc2cccc3ccccc23)c1. The van der Waals surface area contributed by atoms with Gasteiger partial charge in [-0.05, 0) is 65.6 Å². The Morgan fingerprint density at radius 2 is 1.72 bits per heavy atom. The van der Waals surface area contributed by atoms with Crippen molar-refractivity contribution in [3.63, 3.8) is 0 Å². The lowest BCUT2D eigenvalue weighted by Gasteiger charge is -2.12. The summed E-state index contributed by atoms with van der Waals surface area (Å²) in [5, 5.41) is 2.44. The maximum absolute atomic E-state index is 6.22. The molecule has 0 aliphatic carbocycles. The van der Waals surface area contributed by atoms with E-state index in [4.69, 9.17) is 9.73 Å². The number of rotatable bonds is 5. The van der Waals surface area contributed by atoms with Crippen molar-refractivity contribution < 1.29 is 4.74 Å². The Morgan fingerprint density at radius 1 is 0.897 bits per heavy atom. The minimum atomic E-state index is 0.507. The van der Waals surface area contributed by atoms with E-state index in [2.05, 4.69) is 90.4 Å². The largest absolute Gasteiger partial charge is 0.488 e. The van der Waals surface area contributed by atoms with Gasteiger partial charge in [-0.1, -0.05) is 70.5 Å². The number of aryl methyl sites for hydroxylation is 2. The number of nitrogens with zero attached hydrogens (tertiary/aromatic N) is 1. The van der Waals surface area contributed by atoms with Gasteiger partial charge < -0.3 is 4.74 Å². The molecule has 2 nitrogen and oxygen atoms in total. The fourth-order valence-electron chi connectivity index (χ4n) is 3.32. The fourth-order valence-corrected chi connectivity index (χ4v) is 3.70. The van der Waals surface area contributed by atoms with Crippen LogP contribution in [0.15, 0.2) is 88.3 Å². The van der Waals surface area contributed by atoms with E-state index >= 15 is 0 Å². The number of aliphatic imine (C=N–C) groups is 1. The van der Waals surface area contributed by atoms with Crippen molar-refractivity contribution in [2.24, 2.45) is 4.99 Å². The van der Waals surface area contributed by atoms with Gasteiger partial charge in [0.1, 0.15) is 12.4 Å². The molecule has 4 aromatic carbocycles. The highest BCUT2D eigenvalue weighted by Crippen LogP contribution is 2.26. The normalized spacial score (nSPS) is 11.3. The van der Waals surface area contributed by atoms with Crippen LogP contribution < -0.4 is 4.74 Å². The lowest BCUT2D eigenvalue weighted by atomic mass is 10.1. The van der Waals surface area contributed by atoms with Gasteiger partial charge in [0.2, 0.25) is 0 Å². The molecular weight excluding hydrogens is 422 g/mol. The minimum absolute atomic E-state index is 0.507. The van der Waals surface area contributed by atoms with Gasteiger partial charge in [0.25, 0.3) is 0 Å². The molecule has 0 aliphatic heterocycles. The van der Waals surface area contributed by atoms with Crippen molar-refractivity contribution in [3.8, 4) is 5.75 Å². The Labute approximate surface area is 180 Å². The van der Waals surface area contributed by atoms with E-state index in [1.165, 1.54) is 21.9 Å². The topological polar surface area (TPSA) is 21.6 Å². The lowest BCUT2D eigenvalue weighted by molar-refractivity contribution is 0.307. The summed E-state index contributed by atoms with van der Waals surface area (Å²) in [6.45, 7) is 4.66. The maximum atomic E-state index is 6.22. The second kappa shape index (κ2) is 8.62. The van der Waals surface area contributed by atoms with E-state index in [0.717, 1.165) is 27.0 Å². The number of hydrogen-bond acceptors (Lipinski definition) is 2. The standard InChI is InChI=1S/C26H22BrNO/c1-18-10-11-19(2)25(14-18)28-16-22-15-23(27)12-13-26(22)29-17-21-8-5-7-20-6-3-4-9-24(20)21/h3-16H,17H2,1-2H3. The summed E-state index contributed by atoms with van der Waals surface area (Å²) in [4.78, 5) is 4.72. The highest BCUT2D eigenvalue weighted by Gasteiger charge is 2.06. The zero-order valence-electron chi connectivity index (χ0n) is 16.5. The average molecular weight is 444 g/mol. The van der Waals surface area contributed by atoms with Gasteiger partial charge >= 0.3 is 0 Å². The Bertz CT molecular complexity index is 1190. The Morgan fingerprint density at radius 3 is 2.62 bits per heavy atom. The highest BCUT2D eigenvalue weighted by atomic mass is 79.9. The predicted octanol–water partition coefficient (Wildman–Crippen LogP) is 7.55. The number of hydrogen-bond donors (Lipinski definition) is 0. The van der Waals surface area contributed by atoms with Crippen LogP contribution >= 0.6 is 15.9 Å². The molecule has 0 bridgehead atoms. The first-order valence-electron chi connectivity index (χ1n) is 9.60. The smallest absolute Gasteiger partial charge is 0.128 e. The molecule has 3 heteroatoms. The quantitative estimate of drug-likeness (QED) is 0.291. The van der Waals surface area contributed by atoms with Crippen molar-refractivity contribution in [3.05, 3.63) is 106 Å². The van der Waals surface area contributed by atoms with Crippen LogP contribution in [0.3, 0.4) is 0 Å². The summed E-state index contributed by atoms with van der Waals surface area (Å²) >= 11 is 3.56. The molecule has 0 amide bonds. The van der Waals surface area contributed by atoms with Crippen LogP contribution in [0.4, 0.5) is 5.69 Å². The average Bonchev–Trinajstić information content (AvgIpc) is 2.73. The number of fused-ring (bicyclic) bond motifs is 1. The summed E-state index contributed by atoms with van der Waals surface area (Å²) in [6, 6.07) is 27.0. The maximum Gasteiger partial charge on any atom is 0.128 e. The first kappa shape index (κ1) is 19.4. The molecule has 0 fully saturated rings. The summed E-state index contributed by atoms with van der Waals surface area (Å²) in [5.41, 5.74) is 5.44. The summed E-state index contributed by atoms with van der Waals surface area (Å²) < 4.78 is 7.21. The van der Waals surface area contributed by atoms with E-state index in [1.807, 2.05) is 24.4 Å². The van der Waals surface area contributed by atoms with E-state index in [0.29, 0.717) is 6.61 Å². The van der Waals surface area contributed by atoms with Crippen LogP contribution in [0.2, 0.25) is 0 Å². The molecule has 0 aliphatic rings. The first-order valence-corrected chi connectivity index (χ1v) is 10.4. The first-order chi connectivity index (χ1) is 14.1. The summed E-state index contributed by atoms with van der Waals surface area (Å²) in [5.74, 6) is 0.815. The second-order valence-corrected chi connectivity index (χ2v) is 8.07. The molecule has 4 rings (SSSR count). The van der Waals surface area contributed by atoms with Crippen LogP contribution in [0.1, 0.15) is 22.3 Å². The zero-order chi connectivity index (χ0) is 20.2. The molecule has 144 valence electrons. The second-order valence-electron chi connectivity index (χ2n) is 7.16. The molecule has 4 aromatic rings. The van der Waals surface area contributed by atoms with E-state index in [-0.39, 0.29) is 0 Å². The lowest BCUT2D eigenvalue weighted by Crippen LogP contribution is -1.99. The van der Waals surface area contributed by atoms with E-state index < -0.39 is 0 Å². The Hall–Kier alpha value is -2.91. The molecule has 0 saturated heterocycles. The van der Waals surface area contributed by atoms with Gasteiger partial charge in [-0.2, -0.15) is 0 Å². The van der Waals surface area contributed by atoms with E-state index in [9.17, 15) is 0 Å². The van der Waals surface area contributed by atoms with Crippen molar-refractivity contribution >= 4 is 38.6 Å². The molecule has 0 radical (unpaired) electrons. The monoisotopic (exact) mass is 443 g/mol. The van der Waals surface area contributed by atoms with Crippen molar-refractivity contribution in [1.29, 1.82) is 0 Å². The van der Waals surface area contributed by atoms with Crippen LogP contribution in [0.5, 0.6) is 5.75 Å². The van der Waals surface area contributed by atoms with Gasteiger partial charge in [-0.25, -0.2) is 0 Å². The predicted molar refractivity (Wildman–Crippen MR) is 126 cm³/mol. The van der Waals surface area contributed by atoms with Crippen LogP contribution in [-0.2, 0) is 6.61 Å². The molecule has 0 aromatic heterocycles. The van der Waals surface area contributed by atoms with Crippen molar-refractivity contribution in [2.75, 3.05) is 0 Å². The molecule has 0 N–H and O–H groups in total. The Balaban J connectivity index is 1.61. The number of benzene rings is 4. The van der Waals surface area contributed by atoms with Gasteiger partial charge in [0, 0.05) is 16.3 Å². The van der Waals surface area contributed by atoms with Crippen molar-refractivity contribution in [1.82, 2.24) is 0 Å².